The molecular weight excluding hydrogens is 587 g/mol. The van der Waals surface area contributed by atoms with Crippen LogP contribution < -0.4 is 14.9 Å². The summed E-state index contributed by atoms with van der Waals surface area (Å²) in [6.07, 6.45) is -6.05. The number of rotatable bonds is 15. The second kappa shape index (κ2) is 12.8. The van der Waals surface area contributed by atoms with Crippen molar-refractivity contribution in [3.8, 4) is 11.5 Å². The van der Waals surface area contributed by atoms with Crippen molar-refractivity contribution in [1.29, 1.82) is 0 Å². The molecule has 0 aliphatic heterocycles. The molecule has 0 amide bonds. The van der Waals surface area contributed by atoms with Gasteiger partial charge in [0.15, 0.2) is 5.75 Å². The van der Waals surface area contributed by atoms with Gasteiger partial charge in [-0.2, -0.15) is 57.1 Å². The van der Waals surface area contributed by atoms with E-state index in [1.165, 1.54) is 0 Å². The average Bonchev–Trinajstić information content (AvgIpc) is 2.99. The summed E-state index contributed by atoms with van der Waals surface area (Å²) in [6, 6.07) is 3.23. The minimum absolute atomic E-state index is 0.0117. The maximum absolute atomic E-state index is 13.9. The van der Waals surface area contributed by atoms with Crippen molar-refractivity contribution >= 4 is 5.97 Å². The van der Waals surface area contributed by atoms with E-state index in [2.05, 4.69) is 4.74 Å². The third-order valence-corrected chi connectivity index (χ3v) is 5.43. The number of carbonyl (C=O) groups is 1. The molecule has 0 saturated carbocycles. The van der Waals surface area contributed by atoms with Gasteiger partial charge in [0.25, 0.3) is 0 Å². The van der Waals surface area contributed by atoms with Crippen molar-refractivity contribution in [3.63, 3.8) is 0 Å². The van der Waals surface area contributed by atoms with Gasteiger partial charge in [-0.25, -0.2) is 0 Å². The first kappa shape index (κ1) is 35.3. The van der Waals surface area contributed by atoms with Gasteiger partial charge in [0, 0.05) is 6.42 Å². The fraction of sp³-hybridized carbons (Fsp3) is 0.652. The van der Waals surface area contributed by atoms with E-state index in [1.807, 2.05) is 6.92 Å². The molecule has 0 saturated heterocycles. The number of unbranched alkanes of at least 4 members (excludes halogenated alkanes) is 4. The molecule has 0 fully saturated rings. The van der Waals surface area contributed by atoms with Crippen LogP contribution in [-0.4, -0.2) is 48.4 Å². The fourth-order valence-corrected chi connectivity index (χ4v) is 3.03. The van der Waals surface area contributed by atoms with Crippen molar-refractivity contribution in [2.45, 2.75) is 87.7 Å². The van der Waals surface area contributed by atoms with Gasteiger partial charge in [0.1, 0.15) is 5.75 Å². The Morgan fingerprint density at radius 3 is 1.77 bits per heavy atom. The van der Waals surface area contributed by atoms with Crippen LogP contribution in [0.5, 0.6) is 11.5 Å². The summed E-state index contributed by atoms with van der Waals surface area (Å²) in [4.78, 5) is 23.8. The van der Waals surface area contributed by atoms with E-state index in [0.29, 0.717) is 18.6 Å². The van der Waals surface area contributed by atoms with Gasteiger partial charge < -0.3 is 9.47 Å². The van der Waals surface area contributed by atoms with Crippen molar-refractivity contribution in [1.82, 2.24) is 0 Å². The highest BCUT2D eigenvalue weighted by atomic mass is 19.4. The first-order valence-corrected chi connectivity index (χ1v) is 11.5. The second-order valence-corrected chi connectivity index (χ2v) is 8.53. The molecular formula is C23H23F13O4. The van der Waals surface area contributed by atoms with E-state index in [4.69, 9.17) is 4.74 Å². The number of alkyl halides is 13. The summed E-state index contributed by atoms with van der Waals surface area (Å²) in [7, 11) is 0. The normalized spacial score (nSPS) is 13.8. The van der Waals surface area contributed by atoms with Gasteiger partial charge in [-0.05, 0) is 30.7 Å². The molecule has 0 N–H and O–H groups in total. The molecule has 0 bridgehead atoms. The summed E-state index contributed by atoms with van der Waals surface area (Å²) in [6.45, 7) is 0.199. The van der Waals surface area contributed by atoms with Crippen LogP contribution in [-0.2, 0) is 4.79 Å². The van der Waals surface area contributed by atoms with Gasteiger partial charge in [0.05, 0.1) is 13.0 Å². The van der Waals surface area contributed by atoms with Crippen molar-refractivity contribution in [3.05, 3.63) is 34.5 Å². The minimum Gasteiger partial charge on any atom is -0.489 e. The van der Waals surface area contributed by atoms with Gasteiger partial charge in [-0.3, -0.25) is 9.59 Å². The topological polar surface area (TPSA) is 52.6 Å². The molecule has 1 aromatic carbocycles. The maximum atomic E-state index is 13.9. The molecule has 0 unspecified atom stereocenters. The molecule has 0 atom stereocenters. The van der Waals surface area contributed by atoms with Crippen LogP contribution in [0.3, 0.4) is 0 Å². The lowest BCUT2D eigenvalue weighted by Gasteiger charge is -2.39. The quantitative estimate of drug-likeness (QED) is 0.116. The molecule has 0 spiro atoms. The van der Waals surface area contributed by atoms with E-state index in [9.17, 15) is 66.7 Å². The van der Waals surface area contributed by atoms with Crippen LogP contribution in [0.2, 0.25) is 0 Å². The standard InChI is InChI=1S/C23H23F13O4/c1-2-3-4-5-6-7-17(38)40-14-8-10-15(37)16(11-9-14)39-13-12-18(24,25)19(26,27)20(28,29)21(30,31)22(32,33)23(34,35)36/h8-11H,2-7,12-13H2,1H3. The Kier molecular flexibility index (Phi) is 11.3. The largest absolute Gasteiger partial charge is 0.489 e. The SMILES string of the molecule is CCCCCCCC(=O)Oc1ccc(OCCC(F)(F)C(F)(F)C(F)(F)C(F)(F)C(F)(F)C(F)(F)F)c(=O)cc1. The lowest BCUT2D eigenvalue weighted by atomic mass is 9.93. The number of halogens is 13. The Bertz CT molecular complexity index is 1060. The van der Waals surface area contributed by atoms with Crippen LogP contribution in [0.25, 0.3) is 0 Å². The molecule has 40 heavy (non-hydrogen) atoms. The Morgan fingerprint density at radius 1 is 0.700 bits per heavy atom. The lowest BCUT2D eigenvalue weighted by Crippen LogP contribution is -2.70. The van der Waals surface area contributed by atoms with Crippen LogP contribution in [0.15, 0.2) is 29.1 Å². The number of esters is 1. The van der Waals surface area contributed by atoms with E-state index in [-0.39, 0.29) is 12.2 Å². The molecule has 0 heterocycles. The fourth-order valence-electron chi connectivity index (χ4n) is 3.03. The molecule has 1 aromatic rings. The van der Waals surface area contributed by atoms with E-state index in [1.54, 1.807) is 0 Å². The van der Waals surface area contributed by atoms with Crippen LogP contribution in [0, 0.1) is 0 Å². The van der Waals surface area contributed by atoms with Crippen molar-refractivity contribution in [2.24, 2.45) is 0 Å². The molecule has 17 heteroatoms. The number of hydrogen-bond donors (Lipinski definition) is 0. The minimum atomic E-state index is -8.00. The van der Waals surface area contributed by atoms with E-state index in [0.717, 1.165) is 37.8 Å². The lowest BCUT2D eigenvalue weighted by molar-refractivity contribution is -0.440. The predicted octanol–water partition coefficient (Wildman–Crippen LogP) is 7.82. The van der Waals surface area contributed by atoms with Gasteiger partial charge >= 0.3 is 41.8 Å². The zero-order valence-corrected chi connectivity index (χ0v) is 20.5. The number of carbonyl (C=O) groups excluding carboxylic acids is 1. The third kappa shape index (κ3) is 7.50. The summed E-state index contributed by atoms with van der Waals surface area (Å²) >= 11 is 0. The average molecular weight is 610 g/mol. The number of ether oxygens (including phenoxy) is 2. The summed E-state index contributed by atoms with van der Waals surface area (Å²) in [5.41, 5.74) is -1.14. The highest BCUT2D eigenvalue weighted by Gasteiger charge is 2.90. The molecule has 0 radical (unpaired) electrons. The number of hydrogen-bond acceptors (Lipinski definition) is 4. The third-order valence-electron chi connectivity index (χ3n) is 5.43. The monoisotopic (exact) mass is 610 g/mol. The molecule has 4 nitrogen and oxygen atoms in total. The summed E-state index contributed by atoms with van der Waals surface area (Å²) < 4.78 is 180. The van der Waals surface area contributed by atoms with Crippen molar-refractivity contribution in [2.75, 3.05) is 6.61 Å². The van der Waals surface area contributed by atoms with E-state index < -0.39 is 66.0 Å². The molecule has 0 aromatic heterocycles. The zero-order valence-electron chi connectivity index (χ0n) is 20.5. The highest BCUT2D eigenvalue weighted by molar-refractivity contribution is 5.72. The Labute approximate surface area is 218 Å². The second-order valence-electron chi connectivity index (χ2n) is 8.53. The van der Waals surface area contributed by atoms with Crippen LogP contribution in [0.1, 0.15) is 51.9 Å². The Hall–Kier alpha value is -2.75. The smallest absolute Gasteiger partial charge is 0.460 e. The molecule has 230 valence electrons. The molecule has 0 aliphatic rings. The van der Waals surface area contributed by atoms with E-state index >= 15 is 0 Å². The molecule has 0 aliphatic carbocycles. The van der Waals surface area contributed by atoms with Gasteiger partial charge in [-0.1, -0.05) is 32.6 Å². The Balaban J connectivity index is 2.96. The van der Waals surface area contributed by atoms with Crippen molar-refractivity contribution < 1.29 is 71.3 Å². The Morgan fingerprint density at radius 2 is 1.23 bits per heavy atom. The summed E-state index contributed by atoms with van der Waals surface area (Å²) in [5.74, 6) is -39.3. The first-order chi connectivity index (χ1) is 18.1. The van der Waals surface area contributed by atoms with Crippen LogP contribution >= 0.6 is 0 Å². The van der Waals surface area contributed by atoms with Gasteiger partial charge in [0.2, 0.25) is 5.43 Å². The van der Waals surface area contributed by atoms with Crippen LogP contribution in [0.4, 0.5) is 57.1 Å². The predicted molar refractivity (Wildman–Crippen MR) is 113 cm³/mol. The zero-order chi connectivity index (χ0) is 31.2. The first-order valence-electron chi connectivity index (χ1n) is 11.5. The highest BCUT2D eigenvalue weighted by Crippen LogP contribution is 2.60. The maximum Gasteiger partial charge on any atom is 0.460 e. The van der Waals surface area contributed by atoms with Gasteiger partial charge in [-0.15, -0.1) is 0 Å². The molecule has 1 rings (SSSR count). The summed E-state index contributed by atoms with van der Waals surface area (Å²) in [5, 5.41) is 0.